The van der Waals surface area contributed by atoms with E-state index in [1.165, 1.54) is 6.08 Å². The zero-order valence-electron chi connectivity index (χ0n) is 16.9. The van der Waals surface area contributed by atoms with Crippen LogP contribution < -0.4 is 21.3 Å². The Morgan fingerprint density at radius 1 is 1.28 bits per heavy atom. The molecule has 2 fully saturated rings. The highest BCUT2D eigenvalue weighted by atomic mass is 35.5. The van der Waals surface area contributed by atoms with Gasteiger partial charge in [0, 0.05) is 22.3 Å². The van der Waals surface area contributed by atoms with Crippen LogP contribution in [0.5, 0.6) is 0 Å². The molecular formula is C20H19ClN8O3. The first-order chi connectivity index (χ1) is 15.4. The van der Waals surface area contributed by atoms with Crippen molar-refractivity contribution in [3.8, 4) is 0 Å². The van der Waals surface area contributed by atoms with Gasteiger partial charge in [-0.3, -0.25) is 10.1 Å². The fourth-order valence-corrected chi connectivity index (χ4v) is 3.61. The number of hydrogen-bond donors (Lipinski definition) is 5. The Balaban J connectivity index is 1.54. The monoisotopic (exact) mass is 454 g/mol. The van der Waals surface area contributed by atoms with Gasteiger partial charge in [-0.25, -0.2) is 4.79 Å². The van der Waals surface area contributed by atoms with Gasteiger partial charge in [0.2, 0.25) is 11.9 Å². The molecule has 5 N–H and O–H groups in total. The van der Waals surface area contributed by atoms with Gasteiger partial charge in [-0.2, -0.15) is 19.6 Å². The van der Waals surface area contributed by atoms with Gasteiger partial charge in [-0.05, 0) is 43.5 Å². The van der Waals surface area contributed by atoms with Gasteiger partial charge in [-0.15, -0.1) is 0 Å². The Labute approximate surface area is 186 Å². The predicted molar refractivity (Wildman–Crippen MR) is 117 cm³/mol. The third-order valence-electron chi connectivity index (χ3n) is 5.03. The molecule has 1 aliphatic heterocycles. The maximum atomic E-state index is 11.9. The van der Waals surface area contributed by atoms with Crippen molar-refractivity contribution in [1.29, 1.82) is 0 Å². The number of carbonyl (C=O) groups excluding carboxylic acids is 2. The topological polar surface area (TPSA) is 146 Å². The molecule has 1 aliphatic carbocycles. The van der Waals surface area contributed by atoms with Gasteiger partial charge < -0.3 is 21.1 Å². The highest BCUT2D eigenvalue weighted by molar-refractivity contribution is 6.31. The number of urea groups is 1. The van der Waals surface area contributed by atoms with Crippen molar-refractivity contribution in [1.82, 2.24) is 30.2 Å². The second-order valence-corrected chi connectivity index (χ2v) is 8.04. The van der Waals surface area contributed by atoms with Gasteiger partial charge in [-0.1, -0.05) is 17.7 Å². The van der Waals surface area contributed by atoms with Crippen LogP contribution in [0.1, 0.15) is 37.0 Å². The normalized spacial score (nSPS) is 18.0. The molecule has 0 spiro atoms. The molecular weight excluding hydrogens is 436 g/mol. The smallest absolute Gasteiger partial charge is 0.326 e. The summed E-state index contributed by atoms with van der Waals surface area (Å²) in [5.74, 6) is 0.267. The van der Waals surface area contributed by atoms with Crippen LogP contribution in [-0.4, -0.2) is 42.7 Å². The lowest BCUT2D eigenvalue weighted by Gasteiger charge is -2.12. The summed E-state index contributed by atoms with van der Waals surface area (Å²) in [6.07, 6.45) is 4.44. The van der Waals surface area contributed by atoms with Gasteiger partial charge >= 0.3 is 6.03 Å². The average molecular weight is 455 g/mol. The number of anilines is 3. The molecule has 1 saturated carbocycles. The van der Waals surface area contributed by atoms with E-state index in [0.29, 0.717) is 45.4 Å². The second kappa shape index (κ2) is 7.77. The highest BCUT2D eigenvalue weighted by Crippen LogP contribution is 2.29. The standard InChI is InChI=1S/C20H19ClN8O3/c1-9(30)13-5-4-12(7-14(13)21)23-18-26-16-10(6-15-17(31)27-20(32)25-15)8-22-29(16)19(28-18)24-11-2-3-11/h4-9,11,30H,2-3H2,1H3,(H2,23,24,26,28)(H2,25,27,31,32)/b15-6-. The summed E-state index contributed by atoms with van der Waals surface area (Å²) in [6, 6.07) is 4.92. The molecule has 3 amide bonds. The Kier molecular flexibility index (Phi) is 4.91. The molecule has 1 atom stereocenters. The third kappa shape index (κ3) is 3.95. The first-order valence-electron chi connectivity index (χ1n) is 9.98. The zero-order valence-corrected chi connectivity index (χ0v) is 17.6. The number of carbonyl (C=O) groups is 2. The molecule has 0 radical (unpaired) electrons. The Bertz CT molecular complexity index is 1280. The molecule has 2 aliphatic rings. The number of nitrogens with zero attached hydrogens (tertiary/aromatic N) is 4. The molecule has 32 heavy (non-hydrogen) atoms. The zero-order chi connectivity index (χ0) is 22.4. The lowest BCUT2D eigenvalue weighted by atomic mass is 10.1. The summed E-state index contributed by atoms with van der Waals surface area (Å²) in [7, 11) is 0. The van der Waals surface area contributed by atoms with Crippen LogP contribution in [-0.2, 0) is 4.79 Å². The number of halogens is 1. The van der Waals surface area contributed by atoms with Crippen molar-refractivity contribution in [3.05, 3.63) is 46.2 Å². The molecule has 11 nitrogen and oxygen atoms in total. The number of aromatic nitrogens is 4. The molecule has 0 bridgehead atoms. The van der Waals surface area contributed by atoms with Gasteiger partial charge in [0.05, 0.1) is 12.3 Å². The number of amides is 3. The number of nitrogens with one attached hydrogen (secondary N) is 4. The number of hydrogen-bond acceptors (Lipinski definition) is 8. The summed E-state index contributed by atoms with van der Waals surface area (Å²) in [5.41, 5.74) is 2.34. The predicted octanol–water partition coefficient (Wildman–Crippen LogP) is 2.33. The van der Waals surface area contributed by atoms with Crippen molar-refractivity contribution in [2.75, 3.05) is 10.6 Å². The Morgan fingerprint density at radius 2 is 2.09 bits per heavy atom. The summed E-state index contributed by atoms with van der Waals surface area (Å²) in [6.45, 7) is 1.64. The van der Waals surface area contributed by atoms with Crippen LogP contribution in [0, 0.1) is 0 Å². The van der Waals surface area contributed by atoms with Gasteiger partial charge in [0.1, 0.15) is 5.70 Å². The summed E-state index contributed by atoms with van der Waals surface area (Å²) >= 11 is 6.28. The average Bonchev–Trinajstić information content (AvgIpc) is 3.36. The van der Waals surface area contributed by atoms with E-state index in [1.807, 2.05) is 0 Å². The van der Waals surface area contributed by atoms with Gasteiger partial charge in [0.25, 0.3) is 5.91 Å². The third-order valence-corrected chi connectivity index (χ3v) is 5.36. The van der Waals surface area contributed by atoms with Crippen molar-refractivity contribution in [2.45, 2.75) is 31.9 Å². The van der Waals surface area contributed by atoms with Crippen molar-refractivity contribution < 1.29 is 14.7 Å². The number of aliphatic hydroxyl groups excluding tert-OH is 1. The van der Waals surface area contributed by atoms with Crippen molar-refractivity contribution >= 4 is 52.8 Å². The van der Waals surface area contributed by atoms with Crippen LogP contribution in [0.3, 0.4) is 0 Å². The van der Waals surface area contributed by atoms with E-state index in [-0.39, 0.29) is 5.70 Å². The minimum Gasteiger partial charge on any atom is -0.389 e. The summed E-state index contributed by atoms with van der Waals surface area (Å²) < 4.78 is 1.55. The van der Waals surface area contributed by atoms with E-state index in [4.69, 9.17) is 11.6 Å². The SMILES string of the molecule is CC(O)c1ccc(Nc2nc(NC3CC3)n3ncc(/C=C4\NC(=O)NC4=O)c3n2)cc1Cl. The lowest BCUT2D eigenvalue weighted by Crippen LogP contribution is -2.22. The Morgan fingerprint density at radius 3 is 2.75 bits per heavy atom. The minimum absolute atomic E-state index is 0.107. The number of fused-ring (bicyclic) bond motifs is 1. The van der Waals surface area contributed by atoms with Crippen LogP contribution in [0.15, 0.2) is 30.1 Å². The van der Waals surface area contributed by atoms with Crippen LogP contribution in [0.25, 0.3) is 11.7 Å². The molecule has 2 aromatic heterocycles. The highest BCUT2D eigenvalue weighted by Gasteiger charge is 2.26. The number of benzene rings is 1. The molecule has 1 unspecified atom stereocenters. The number of rotatable bonds is 6. The molecule has 12 heteroatoms. The van der Waals surface area contributed by atoms with Crippen LogP contribution in [0.2, 0.25) is 5.02 Å². The molecule has 1 saturated heterocycles. The molecule has 3 heterocycles. The first kappa shape index (κ1) is 20.2. The fraction of sp³-hybridized carbons (Fsp3) is 0.250. The maximum Gasteiger partial charge on any atom is 0.326 e. The first-order valence-corrected chi connectivity index (χ1v) is 10.4. The van der Waals surface area contributed by atoms with Crippen molar-refractivity contribution in [3.63, 3.8) is 0 Å². The van der Waals surface area contributed by atoms with Crippen LogP contribution >= 0.6 is 11.6 Å². The fourth-order valence-electron chi connectivity index (χ4n) is 3.27. The minimum atomic E-state index is -0.686. The van der Waals surface area contributed by atoms with Crippen molar-refractivity contribution in [2.24, 2.45) is 0 Å². The summed E-state index contributed by atoms with van der Waals surface area (Å²) in [4.78, 5) is 32.4. The van der Waals surface area contributed by atoms with E-state index in [2.05, 4.69) is 36.3 Å². The number of aliphatic hydroxyl groups is 1. The van der Waals surface area contributed by atoms with E-state index >= 15 is 0 Å². The lowest BCUT2D eigenvalue weighted by molar-refractivity contribution is -0.115. The maximum absolute atomic E-state index is 11.9. The molecule has 164 valence electrons. The summed E-state index contributed by atoms with van der Waals surface area (Å²) in [5, 5.41) is 25.6. The van der Waals surface area contributed by atoms with Crippen LogP contribution in [0.4, 0.5) is 22.4 Å². The molecule has 3 aromatic rings. The number of imide groups is 1. The van der Waals surface area contributed by atoms with E-state index in [9.17, 15) is 14.7 Å². The quantitative estimate of drug-likeness (QED) is 0.282. The Hall–Kier alpha value is -3.70. The van der Waals surface area contributed by atoms with E-state index in [1.54, 1.807) is 35.8 Å². The largest absolute Gasteiger partial charge is 0.389 e. The van der Waals surface area contributed by atoms with E-state index in [0.717, 1.165) is 12.8 Å². The van der Waals surface area contributed by atoms with E-state index < -0.39 is 18.0 Å². The van der Waals surface area contributed by atoms with Gasteiger partial charge in [0.15, 0.2) is 5.65 Å². The molecule has 1 aromatic carbocycles. The second-order valence-electron chi connectivity index (χ2n) is 7.63. The molecule has 5 rings (SSSR count).